The summed E-state index contributed by atoms with van der Waals surface area (Å²) >= 11 is 0. The average Bonchev–Trinajstić information content (AvgIpc) is 2.15. The molecule has 1 amide bonds. The van der Waals surface area contributed by atoms with Crippen molar-refractivity contribution in [1.82, 2.24) is 4.90 Å². The van der Waals surface area contributed by atoms with E-state index in [1.54, 1.807) is 4.90 Å². The quantitative estimate of drug-likeness (QED) is 0.712. The van der Waals surface area contributed by atoms with E-state index in [0.29, 0.717) is 18.9 Å². The minimum absolute atomic E-state index is 0.0116. The molecule has 1 saturated heterocycles. The van der Waals surface area contributed by atoms with Gasteiger partial charge in [0.2, 0.25) is 5.91 Å². The number of likely N-dealkylation sites (tertiary alicyclic amines) is 1. The topological polar surface area (TPSA) is 66.6 Å². The Labute approximate surface area is 91.4 Å². The Balaban J connectivity index is 2.44. The third-order valence-corrected chi connectivity index (χ3v) is 2.75. The zero-order valence-corrected chi connectivity index (χ0v) is 9.65. The molecule has 4 nitrogen and oxygen atoms in total. The summed E-state index contributed by atoms with van der Waals surface area (Å²) in [7, 11) is 0. The number of carbonyl (C=O) groups excluding carboxylic acids is 1. The zero-order chi connectivity index (χ0) is 11.4. The lowest BCUT2D eigenvalue weighted by atomic mass is 10.0. The third-order valence-electron chi connectivity index (χ3n) is 2.75. The van der Waals surface area contributed by atoms with E-state index in [1.165, 1.54) is 0 Å². The van der Waals surface area contributed by atoms with E-state index in [0.717, 1.165) is 19.4 Å². The van der Waals surface area contributed by atoms with E-state index in [2.05, 4.69) is 13.8 Å². The number of hydrogen-bond donors (Lipinski definition) is 2. The molecule has 0 aromatic heterocycles. The molecule has 1 heterocycles. The van der Waals surface area contributed by atoms with Gasteiger partial charge in [0, 0.05) is 13.1 Å². The molecule has 1 aliphatic heterocycles. The first kappa shape index (κ1) is 12.5. The smallest absolute Gasteiger partial charge is 0.239 e. The van der Waals surface area contributed by atoms with Crippen molar-refractivity contribution in [3.63, 3.8) is 0 Å². The molecule has 3 N–H and O–H groups in total. The second-order valence-corrected chi connectivity index (χ2v) is 4.82. The van der Waals surface area contributed by atoms with E-state index in [4.69, 9.17) is 5.73 Å². The van der Waals surface area contributed by atoms with Gasteiger partial charge in [0.15, 0.2) is 0 Å². The van der Waals surface area contributed by atoms with Crippen LogP contribution < -0.4 is 5.73 Å². The fraction of sp³-hybridized carbons (Fsp3) is 0.909. The zero-order valence-electron chi connectivity index (χ0n) is 9.65. The summed E-state index contributed by atoms with van der Waals surface area (Å²) in [5.74, 6) is 0.418. The van der Waals surface area contributed by atoms with Crippen molar-refractivity contribution in [3.05, 3.63) is 0 Å². The summed E-state index contributed by atoms with van der Waals surface area (Å²) in [6.07, 6.45) is 2.02. The van der Waals surface area contributed by atoms with Gasteiger partial charge in [0.05, 0.1) is 12.1 Å². The van der Waals surface area contributed by atoms with Crippen molar-refractivity contribution in [2.24, 2.45) is 11.7 Å². The molecule has 0 aromatic carbocycles. The summed E-state index contributed by atoms with van der Waals surface area (Å²) in [6, 6.07) is -0.407. The highest BCUT2D eigenvalue weighted by Crippen LogP contribution is 2.12. The van der Waals surface area contributed by atoms with Crippen LogP contribution in [-0.4, -0.2) is 41.1 Å². The standard InChI is InChI=1S/C11H22N2O2/c1-8(2)6-10(12)11(15)13-5-3-4-9(14)7-13/h8-10,14H,3-7,12H2,1-2H3/t9?,10-/m1/s1. The molecule has 0 saturated carbocycles. The number of nitrogens with zero attached hydrogens (tertiary/aromatic N) is 1. The largest absolute Gasteiger partial charge is 0.391 e. The Morgan fingerprint density at radius 3 is 2.80 bits per heavy atom. The lowest BCUT2D eigenvalue weighted by Gasteiger charge is -2.32. The monoisotopic (exact) mass is 214 g/mol. The predicted octanol–water partition coefficient (Wildman–Crippen LogP) is 0.343. The van der Waals surface area contributed by atoms with E-state index in [-0.39, 0.29) is 12.0 Å². The maximum absolute atomic E-state index is 11.9. The van der Waals surface area contributed by atoms with Crippen LogP contribution in [-0.2, 0) is 4.79 Å². The molecule has 0 bridgehead atoms. The Morgan fingerprint density at radius 1 is 1.60 bits per heavy atom. The van der Waals surface area contributed by atoms with Gasteiger partial charge in [-0.05, 0) is 25.2 Å². The molecular weight excluding hydrogens is 192 g/mol. The van der Waals surface area contributed by atoms with E-state index in [1.807, 2.05) is 0 Å². The number of amides is 1. The van der Waals surface area contributed by atoms with E-state index < -0.39 is 6.04 Å². The maximum atomic E-state index is 11.9. The first-order valence-corrected chi connectivity index (χ1v) is 5.73. The maximum Gasteiger partial charge on any atom is 0.239 e. The van der Waals surface area contributed by atoms with Gasteiger partial charge in [-0.2, -0.15) is 0 Å². The van der Waals surface area contributed by atoms with Crippen molar-refractivity contribution >= 4 is 5.91 Å². The van der Waals surface area contributed by atoms with Gasteiger partial charge in [-0.3, -0.25) is 4.79 Å². The molecular formula is C11H22N2O2. The Kier molecular flexibility index (Phi) is 4.54. The van der Waals surface area contributed by atoms with Gasteiger partial charge in [-0.25, -0.2) is 0 Å². The lowest BCUT2D eigenvalue weighted by molar-refractivity contribution is -0.136. The highest BCUT2D eigenvalue weighted by atomic mass is 16.3. The first-order chi connectivity index (χ1) is 7.00. The van der Waals surface area contributed by atoms with Crippen LogP contribution in [0.5, 0.6) is 0 Å². The van der Waals surface area contributed by atoms with E-state index in [9.17, 15) is 9.90 Å². The normalized spacial score (nSPS) is 24.3. The highest BCUT2D eigenvalue weighted by Gasteiger charge is 2.26. The van der Waals surface area contributed by atoms with Crippen LogP contribution in [0.4, 0.5) is 0 Å². The number of β-amino-alcohol motifs (C(OH)–C–C–N with tert-alkyl or cyclic N) is 1. The average molecular weight is 214 g/mol. The molecule has 1 rings (SSSR count). The van der Waals surface area contributed by atoms with Crippen LogP contribution >= 0.6 is 0 Å². The Hall–Kier alpha value is -0.610. The summed E-state index contributed by atoms with van der Waals surface area (Å²) < 4.78 is 0. The second-order valence-electron chi connectivity index (χ2n) is 4.82. The number of rotatable bonds is 3. The lowest BCUT2D eigenvalue weighted by Crippen LogP contribution is -2.49. The van der Waals surface area contributed by atoms with Crippen molar-refractivity contribution in [2.45, 2.75) is 45.3 Å². The van der Waals surface area contributed by atoms with Crippen LogP contribution in [0.1, 0.15) is 33.1 Å². The number of hydrogen-bond acceptors (Lipinski definition) is 3. The van der Waals surface area contributed by atoms with Crippen molar-refractivity contribution in [2.75, 3.05) is 13.1 Å². The fourth-order valence-electron chi connectivity index (χ4n) is 2.00. The van der Waals surface area contributed by atoms with Gasteiger partial charge in [-0.15, -0.1) is 0 Å². The van der Waals surface area contributed by atoms with Crippen LogP contribution in [0, 0.1) is 5.92 Å². The van der Waals surface area contributed by atoms with E-state index >= 15 is 0 Å². The minimum atomic E-state index is -0.407. The summed E-state index contributed by atoms with van der Waals surface area (Å²) in [5, 5.41) is 9.46. The molecule has 0 spiro atoms. The molecule has 1 aliphatic rings. The van der Waals surface area contributed by atoms with Gasteiger partial charge in [0.1, 0.15) is 0 Å². The molecule has 88 valence electrons. The van der Waals surface area contributed by atoms with Gasteiger partial charge >= 0.3 is 0 Å². The van der Waals surface area contributed by atoms with Gasteiger partial charge < -0.3 is 15.7 Å². The molecule has 1 unspecified atom stereocenters. The molecule has 15 heavy (non-hydrogen) atoms. The van der Waals surface area contributed by atoms with Crippen LogP contribution in [0.15, 0.2) is 0 Å². The number of carbonyl (C=O) groups is 1. The Bertz CT molecular complexity index is 219. The van der Waals surface area contributed by atoms with Gasteiger partial charge in [0.25, 0.3) is 0 Å². The summed E-state index contributed by atoms with van der Waals surface area (Å²) in [6.45, 7) is 5.29. The fourth-order valence-corrected chi connectivity index (χ4v) is 2.00. The third kappa shape index (κ3) is 3.80. The minimum Gasteiger partial charge on any atom is -0.391 e. The number of piperidine rings is 1. The number of nitrogens with two attached hydrogens (primary N) is 1. The van der Waals surface area contributed by atoms with Crippen LogP contribution in [0.25, 0.3) is 0 Å². The molecule has 0 aliphatic carbocycles. The number of aliphatic hydroxyl groups excluding tert-OH is 1. The summed E-state index contributed by atoms with van der Waals surface area (Å²) in [4.78, 5) is 13.6. The van der Waals surface area contributed by atoms with Crippen molar-refractivity contribution in [1.29, 1.82) is 0 Å². The Morgan fingerprint density at radius 2 is 2.27 bits per heavy atom. The van der Waals surface area contributed by atoms with Crippen molar-refractivity contribution < 1.29 is 9.90 Å². The highest BCUT2D eigenvalue weighted by molar-refractivity contribution is 5.81. The van der Waals surface area contributed by atoms with Crippen LogP contribution in [0.3, 0.4) is 0 Å². The molecule has 2 atom stereocenters. The number of aliphatic hydroxyl groups is 1. The molecule has 1 fully saturated rings. The SMILES string of the molecule is CC(C)C[C@@H](N)C(=O)N1CCCC(O)C1. The van der Waals surface area contributed by atoms with Gasteiger partial charge in [-0.1, -0.05) is 13.8 Å². The second kappa shape index (κ2) is 5.47. The van der Waals surface area contributed by atoms with Crippen molar-refractivity contribution in [3.8, 4) is 0 Å². The molecule has 0 aromatic rings. The first-order valence-electron chi connectivity index (χ1n) is 5.73. The summed E-state index contributed by atoms with van der Waals surface area (Å²) in [5.41, 5.74) is 5.82. The molecule has 0 radical (unpaired) electrons. The predicted molar refractivity (Wildman–Crippen MR) is 59.3 cm³/mol. The van der Waals surface area contributed by atoms with Crippen LogP contribution in [0.2, 0.25) is 0 Å². The molecule has 4 heteroatoms.